The minimum absolute atomic E-state index is 0.0702. The van der Waals surface area contributed by atoms with Crippen molar-refractivity contribution in [3.8, 4) is 5.75 Å². The van der Waals surface area contributed by atoms with Crippen LogP contribution in [-0.2, 0) is 12.8 Å². The highest BCUT2D eigenvalue weighted by Crippen LogP contribution is 2.47. The van der Waals surface area contributed by atoms with Crippen molar-refractivity contribution in [2.75, 3.05) is 0 Å². The number of fused-ring (bicyclic) bond motifs is 9. The number of para-hydroxylation sites is 2. The number of imidazole rings is 1. The number of ether oxygens (including phenoxy) is 1. The number of rotatable bonds is 7. The molecule has 0 saturated heterocycles. The summed E-state index contributed by atoms with van der Waals surface area (Å²) in [4.78, 5) is 39.0. The van der Waals surface area contributed by atoms with Crippen molar-refractivity contribution in [3.05, 3.63) is 82.2 Å². The molecule has 2 aromatic carbocycles. The normalized spacial score (nSPS) is 18.5. The maximum absolute atomic E-state index is 13.5. The van der Waals surface area contributed by atoms with Crippen LogP contribution in [0.3, 0.4) is 0 Å². The molecule has 39 heavy (non-hydrogen) atoms. The molecule has 2 N–H and O–H groups in total. The number of Topliss-reactive ketones (excluding diaryl/α,β-unsaturated/α-hetero) is 1. The summed E-state index contributed by atoms with van der Waals surface area (Å²) in [7, 11) is 0. The summed E-state index contributed by atoms with van der Waals surface area (Å²) in [5.41, 5.74) is 4.25. The van der Waals surface area contributed by atoms with Crippen LogP contribution in [0.15, 0.2) is 42.6 Å². The van der Waals surface area contributed by atoms with Crippen LogP contribution in [0.25, 0.3) is 11.0 Å². The zero-order chi connectivity index (χ0) is 27.4. The van der Waals surface area contributed by atoms with Crippen LogP contribution in [0, 0.1) is 0 Å². The molecule has 2 aliphatic heterocycles. The molecule has 3 atom stereocenters. The van der Waals surface area contributed by atoms with Gasteiger partial charge in [-0.1, -0.05) is 19.1 Å². The number of ketones is 1. The highest BCUT2D eigenvalue weighted by atomic mass is 19.3. The molecule has 6 rings (SSSR count). The number of hydrogen-bond acceptors (Lipinski definition) is 7. The van der Waals surface area contributed by atoms with Crippen molar-refractivity contribution in [1.29, 1.82) is 0 Å². The highest BCUT2D eigenvalue weighted by Gasteiger charge is 2.42. The topological polar surface area (TPSA) is 119 Å². The molecule has 0 saturated carbocycles. The number of aromatic nitrogens is 4. The van der Waals surface area contributed by atoms with Gasteiger partial charge in [-0.15, -0.1) is 0 Å². The third kappa shape index (κ3) is 4.13. The molecule has 0 spiro atoms. The lowest BCUT2D eigenvalue weighted by Crippen LogP contribution is -2.28. The highest BCUT2D eigenvalue weighted by molar-refractivity contribution is 5.98. The molecule has 2 bridgehead atoms. The molecule has 11 heteroatoms. The predicted molar refractivity (Wildman–Crippen MR) is 136 cm³/mol. The van der Waals surface area contributed by atoms with Crippen molar-refractivity contribution in [3.63, 3.8) is 0 Å². The fourth-order valence-electron chi connectivity index (χ4n) is 5.79. The summed E-state index contributed by atoms with van der Waals surface area (Å²) in [6.07, 6.45) is 1.17. The van der Waals surface area contributed by atoms with E-state index in [2.05, 4.69) is 19.9 Å². The van der Waals surface area contributed by atoms with E-state index in [9.17, 15) is 23.5 Å². The number of carbonyl (C=O) groups excluding carboxylic acids is 2. The Kier molecular flexibility index (Phi) is 6.10. The van der Waals surface area contributed by atoms with E-state index in [1.807, 2.05) is 31.2 Å². The smallest absolute Gasteiger partial charge is 0.387 e. The van der Waals surface area contributed by atoms with E-state index in [0.29, 0.717) is 35.2 Å². The lowest BCUT2D eigenvalue weighted by molar-refractivity contribution is -0.0505. The second-order valence-electron chi connectivity index (χ2n) is 9.72. The van der Waals surface area contributed by atoms with E-state index in [4.69, 9.17) is 9.72 Å². The fraction of sp³-hybridized carbons (Fsp3) is 0.321. The van der Waals surface area contributed by atoms with E-state index in [1.54, 1.807) is 6.07 Å². The molecule has 0 aliphatic carbocycles. The second kappa shape index (κ2) is 9.49. The molecule has 4 aromatic rings. The molecular formula is C28H25F2N5O4. The van der Waals surface area contributed by atoms with Crippen LogP contribution >= 0.6 is 0 Å². The third-order valence-electron chi connectivity index (χ3n) is 7.38. The van der Waals surface area contributed by atoms with Gasteiger partial charge < -0.3 is 19.7 Å². The van der Waals surface area contributed by atoms with Gasteiger partial charge in [0.05, 0.1) is 23.1 Å². The quantitative estimate of drug-likeness (QED) is 0.346. The van der Waals surface area contributed by atoms with Crippen molar-refractivity contribution in [1.82, 2.24) is 24.8 Å². The third-order valence-corrected chi connectivity index (χ3v) is 7.38. The van der Waals surface area contributed by atoms with Gasteiger partial charge in [0.15, 0.2) is 5.82 Å². The van der Waals surface area contributed by atoms with Crippen LogP contribution in [0.1, 0.15) is 81.5 Å². The molecular weight excluding hydrogens is 508 g/mol. The molecule has 1 unspecified atom stereocenters. The summed E-state index contributed by atoms with van der Waals surface area (Å²) in [6.45, 7) is 0.0869. The summed E-state index contributed by atoms with van der Waals surface area (Å²) in [6, 6.07) is 10.1. The van der Waals surface area contributed by atoms with Crippen molar-refractivity contribution in [2.24, 2.45) is 0 Å². The summed E-state index contributed by atoms with van der Waals surface area (Å²) in [5.74, 6) is -0.503. The zero-order valence-electron chi connectivity index (χ0n) is 21.2. The molecule has 2 aromatic heterocycles. The molecule has 9 nitrogen and oxygen atoms in total. The Morgan fingerprint density at radius 1 is 1.23 bits per heavy atom. The van der Waals surface area contributed by atoms with Gasteiger partial charge in [0, 0.05) is 23.9 Å². The first kappa shape index (κ1) is 25.1. The van der Waals surface area contributed by atoms with E-state index < -0.39 is 24.4 Å². The minimum atomic E-state index is -3.08. The minimum Gasteiger partial charge on any atom is -0.435 e. The Morgan fingerprint density at radius 2 is 2.03 bits per heavy atom. The van der Waals surface area contributed by atoms with Crippen molar-refractivity contribution in [2.45, 2.75) is 57.9 Å². The Hall–Kier alpha value is -4.25. The van der Waals surface area contributed by atoms with Crippen molar-refractivity contribution >= 4 is 22.7 Å². The van der Waals surface area contributed by atoms with Crippen LogP contribution in [0.4, 0.5) is 8.78 Å². The van der Waals surface area contributed by atoms with E-state index in [1.165, 1.54) is 19.2 Å². The number of carbonyl (C=O) groups is 2. The van der Waals surface area contributed by atoms with E-state index in [-0.39, 0.29) is 35.6 Å². The number of benzene rings is 2. The molecule has 200 valence electrons. The first-order chi connectivity index (χ1) is 18.8. The Morgan fingerprint density at radius 3 is 2.77 bits per heavy atom. The van der Waals surface area contributed by atoms with Crippen LogP contribution in [0.2, 0.25) is 0 Å². The van der Waals surface area contributed by atoms with Gasteiger partial charge in [0.25, 0.3) is 5.91 Å². The van der Waals surface area contributed by atoms with Crippen LogP contribution < -0.4 is 10.1 Å². The molecule has 2 aliphatic rings. The van der Waals surface area contributed by atoms with Gasteiger partial charge in [-0.2, -0.15) is 8.78 Å². The maximum atomic E-state index is 13.5. The molecule has 0 radical (unpaired) electrons. The molecule has 0 fully saturated rings. The van der Waals surface area contributed by atoms with Crippen molar-refractivity contribution < 1.29 is 28.2 Å². The van der Waals surface area contributed by atoms with Gasteiger partial charge in [0.1, 0.15) is 17.7 Å². The maximum Gasteiger partial charge on any atom is 0.387 e. The number of alkyl halides is 2. The number of nitrogens with one attached hydrogen (secondary N) is 1. The average Bonchev–Trinajstić information content (AvgIpc) is 3.41. The number of halogens is 2. The number of nitrogens with zero attached hydrogens (tertiary/aromatic N) is 4. The van der Waals surface area contributed by atoms with Gasteiger partial charge >= 0.3 is 6.61 Å². The standard InChI is InChI=1S/C28H25F2N5O4/c1-3-15-16(10-14-8-9-31-25(32-14)24(37)13(2)36)23-17(11-22(15)39-28(29)30)27(38)34-19-12-21(23)35-20-7-5-4-6-18(20)33-26(19)35/h4-9,11,13,19,21,28,36H,3,10,12H2,1-2H3,(H,34,38)/t13?,19-,21-/m1/s1. The second-order valence-corrected chi connectivity index (χ2v) is 9.72. The Balaban J connectivity index is 1.59. The summed E-state index contributed by atoms with van der Waals surface area (Å²) >= 11 is 0. The van der Waals surface area contributed by atoms with Gasteiger partial charge in [-0.25, -0.2) is 15.0 Å². The fourth-order valence-corrected chi connectivity index (χ4v) is 5.79. The van der Waals surface area contributed by atoms with Gasteiger partial charge in [-0.05, 0) is 60.7 Å². The average molecular weight is 534 g/mol. The molecule has 1 amide bonds. The Labute approximate surface area is 221 Å². The SMILES string of the molecule is CCc1c(OC(F)F)cc2c(c1Cc1ccnc(C(=O)C(C)O)n1)[C@H]1C[C@@H](NC2=O)c2nc3ccccc3n21. The van der Waals surface area contributed by atoms with E-state index >= 15 is 0 Å². The number of amides is 1. The number of hydrogen-bond donors (Lipinski definition) is 2. The number of aliphatic hydroxyl groups is 1. The largest absolute Gasteiger partial charge is 0.435 e. The lowest BCUT2D eigenvalue weighted by atomic mass is 9.86. The summed E-state index contributed by atoms with van der Waals surface area (Å²) < 4.78 is 34.0. The van der Waals surface area contributed by atoms with Crippen LogP contribution in [-0.4, -0.2) is 49.0 Å². The monoisotopic (exact) mass is 533 g/mol. The van der Waals surface area contributed by atoms with E-state index in [0.717, 1.165) is 16.9 Å². The lowest BCUT2D eigenvalue weighted by Gasteiger charge is -2.25. The van der Waals surface area contributed by atoms with Gasteiger partial charge in [0.2, 0.25) is 5.78 Å². The van der Waals surface area contributed by atoms with Crippen LogP contribution in [0.5, 0.6) is 5.75 Å². The molecule has 4 heterocycles. The predicted octanol–water partition coefficient (Wildman–Crippen LogP) is 3.92. The first-order valence-electron chi connectivity index (χ1n) is 12.7. The Bertz CT molecular complexity index is 1630. The van der Waals surface area contributed by atoms with Gasteiger partial charge in [-0.3, -0.25) is 9.59 Å². The summed E-state index contributed by atoms with van der Waals surface area (Å²) in [5, 5.41) is 12.8. The number of aliphatic hydroxyl groups excluding tert-OH is 1. The zero-order valence-corrected chi connectivity index (χ0v) is 21.2. The first-order valence-corrected chi connectivity index (χ1v) is 12.7.